The molecule has 0 bridgehead atoms. The summed E-state index contributed by atoms with van der Waals surface area (Å²) in [7, 11) is 0. The number of rotatable bonds is 7. The molecule has 0 spiro atoms. The number of hydrogen-bond donors (Lipinski definition) is 1. The summed E-state index contributed by atoms with van der Waals surface area (Å²) in [5.74, 6) is 1.44. The quantitative estimate of drug-likeness (QED) is 0.755. The minimum atomic E-state index is 0.234. The summed E-state index contributed by atoms with van der Waals surface area (Å²) < 4.78 is 0. The zero-order chi connectivity index (χ0) is 15.4. The van der Waals surface area contributed by atoms with Crippen molar-refractivity contribution in [3.8, 4) is 0 Å². The van der Waals surface area contributed by atoms with E-state index in [0.29, 0.717) is 5.41 Å². The molecule has 0 radical (unpaired) electrons. The molecule has 2 nitrogen and oxygen atoms in total. The molecule has 0 aromatic rings. The number of likely N-dealkylation sites (tertiary alicyclic amines) is 1. The van der Waals surface area contributed by atoms with Gasteiger partial charge in [0, 0.05) is 12.1 Å². The Morgan fingerprint density at radius 3 is 1.80 bits per heavy atom. The van der Waals surface area contributed by atoms with Gasteiger partial charge in [0.05, 0.1) is 0 Å². The highest BCUT2D eigenvalue weighted by Crippen LogP contribution is 2.39. The topological polar surface area (TPSA) is 29.3 Å². The zero-order valence-corrected chi connectivity index (χ0v) is 14.8. The lowest BCUT2D eigenvalue weighted by atomic mass is 9.74. The van der Waals surface area contributed by atoms with Crippen LogP contribution in [0.1, 0.15) is 73.6 Å². The van der Waals surface area contributed by atoms with Gasteiger partial charge in [-0.05, 0) is 56.0 Å². The van der Waals surface area contributed by atoms with Crippen molar-refractivity contribution in [2.75, 3.05) is 19.6 Å². The predicted octanol–water partition coefficient (Wildman–Crippen LogP) is 4.29. The fourth-order valence-corrected chi connectivity index (χ4v) is 4.03. The summed E-state index contributed by atoms with van der Waals surface area (Å²) in [5, 5.41) is 0. The number of nitrogens with two attached hydrogens (primary N) is 1. The van der Waals surface area contributed by atoms with Crippen LogP contribution in [0.5, 0.6) is 0 Å². The van der Waals surface area contributed by atoms with E-state index in [2.05, 4.69) is 46.4 Å². The second-order valence-corrected chi connectivity index (χ2v) is 8.28. The van der Waals surface area contributed by atoms with Crippen molar-refractivity contribution in [2.45, 2.75) is 79.2 Å². The Morgan fingerprint density at radius 2 is 1.50 bits per heavy atom. The van der Waals surface area contributed by atoms with Crippen molar-refractivity contribution in [3.05, 3.63) is 0 Å². The Kier molecular flexibility index (Phi) is 6.53. The molecule has 1 saturated heterocycles. The Balaban J connectivity index is 2.83. The maximum atomic E-state index is 6.29. The van der Waals surface area contributed by atoms with Gasteiger partial charge >= 0.3 is 0 Å². The van der Waals surface area contributed by atoms with E-state index in [0.717, 1.165) is 18.4 Å². The van der Waals surface area contributed by atoms with Crippen LogP contribution >= 0.6 is 0 Å². The van der Waals surface area contributed by atoms with Gasteiger partial charge in [-0.15, -0.1) is 0 Å². The molecule has 0 aromatic carbocycles. The van der Waals surface area contributed by atoms with Gasteiger partial charge < -0.3 is 5.73 Å². The van der Waals surface area contributed by atoms with E-state index in [1.807, 2.05) is 0 Å². The second kappa shape index (κ2) is 7.26. The van der Waals surface area contributed by atoms with Crippen LogP contribution in [0.15, 0.2) is 0 Å². The van der Waals surface area contributed by atoms with Crippen molar-refractivity contribution < 1.29 is 0 Å². The third-order valence-corrected chi connectivity index (χ3v) is 5.45. The molecular weight excluding hydrogens is 244 g/mol. The molecule has 0 saturated carbocycles. The standard InChI is InChI=1S/C18H38N2/c1-7-17(6)8-10-20(11-9-17)18(14-19,12-15(2)3)13-16(4)5/h15-16H,7-14,19H2,1-6H3. The SMILES string of the molecule is CCC1(C)CCN(C(CN)(CC(C)C)CC(C)C)CC1. The molecule has 20 heavy (non-hydrogen) atoms. The third-order valence-electron chi connectivity index (χ3n) is 5.45. The Labute approximate surface area is 127 Å². The summed E-state index contributed by atoms with van der Waals surface area (Å²) >= 11 is 0. The van der Waals surface area contributed by atoms with Crippen LogP contribution in [-0.4, -0.2) is 30.1 Å². The molecular formula is C18H38N2. The summed E-state index contributed by atoms with van der Waals surface area (Å²) in [6, 6.07) is 0. The van der Waals surface area contributed by atoms with Crippen LogP contribution in [-0.2, 0) is 0 Å². The molecule has 2 N–H and O–H groups in total. The lowest BCUT2D eigenvalue weighted by Crippen LogP contribution is -2.58. The molecule has 1 rings (SSSR count). The van der Waals surface area contributed by atoms with E-state index in [1.54, 1.807) is 0 Å². The normalized spacial score (nSPS) is 20.9. The van der Waals surface area contributed by atoms with Gasteiger partial charge in [-0.25, -0.2) is 0 Å². The summed E-state index contributed by atoms with van der Waals surface area (Å²) in [5.41, 5.74) is 7.09. The van der Waals surface area contributed by atoms with Gasteiger partial charge in [-0.2, -0.15) is 0 Å². The molecule has 0 unspecified atom stereocenters. The van der Waals surface area contributed by atoms with E-state index >= 15 is 0 Å². The molecule has 0 atom stereocenters. The largest absolute Gasteiger partial charge is 0.329 e. The van der Waals surface area contributed by atoms with Crippen LogP contribution in [0.3, 0.4) is 0 Å². The second-order valence-electron chi connectivity index (χ2n) is 8.28. The molecule has 1 heterocycles. The third kappa shape index (κ3) is 4.46. The Bertz CT molecular complexity index is 265. The van der Waals surface area contributed by atoms with E-state index < -0.39 is 0 Å². The molecule has 2 heteroatoms. The molecule has 0 aromatic heterocycles. The minimum Gasteiger partial charge on any atom is -0.329 e. The number of hydrogen-bond acceptors (Lipinski definition) is 2. The number of piperidine rings is 1. The lowest BCUT2D eigenvalue weighted by Gasteiger charge is -2.51. The fraction of sp³-hybridized carbons (Fsp3) is 1.00. The van der Waals surface area contributed by atoms with E-state index in [4.69, 9.17) is 5.73 Å². The molecule has 1 fully saturated rings. The maximum Gasteiger partial charge on any atom is 0.0336 e. The van der Waals surface area contributed by atoms with Crippen LogP contribution in [0.4, 0.5) is 0 Å². The summed E-state index contributed by atoms with van der Waals surface area (Å²) in [6.07, 6.45) is 6.46. The first-order chi connectivity index (χ1) is 9.27. The van der Waals surface area contributed by atoms with Crippen molar-refractivity contribution in [1.82, 2.24) is 4.90 Å². The van der Waals surface area contributed by atoms with Gasteiger partial charge in [0.1, 0.15) is 0 Å². The highest BCUT2D eigenvalue weighted by Gasteiger charge is 2.40. The van der Waals surface area contributed by atoms with Crippen molar-refractivity contribution >= 4 is 0 Å². The zero-order valence-electron chi connectivity index (χ0n) is 14.8. The van der Waals surface area contributed by atoms with Crippen LogP contribution in [0, 0.1) is 17.3 Å². The maximum absolute atomic E-state index is 6.29. The van der Waals surface area contributed by atoms with Crippen molar-refractivity contribution in [2.24, 2.45) is 23.0 Å². The predicted molar refractivity (Wildman–Crippen MR) is 89.9 cm³/mol. The molecule has 1 aliphatic rings. The average molecular weight is 283 g/mol. The van der Waals surface area contributed by atoms with Crippen LogP contribution in [0.2, 0.25) is 0 Å². The van der Waals surface area contributed by atoms with E-state index in [9.17, 15) is 0 Å². The highest BCUT2D eigenvalue weighted by atomic mass is 15.2. The van der Waals surface area contributed by atoms with E-state index in [1.165, 1.54) is 45.2 Å². The van der Waals surface area contributed by atoms with Crippen molar-refractivity contribution in [1.29, 1.82) is 0 Å². The van der Waals surface area contributed by atoms with Gasteiger partial charge in [0.15, 0.2) is 0 Å². The molecule has 1 aliphatic heterocycles. The monoisotopic (exact) mass is 282 g/mol. The average Bonchev–Trinajstić information content (AvgIpc) is 2.37. The highest BCUT2D eigenvalue weighted by molar-refractivity contribution is 4.96. The number of nitrogens with zero attached hydrogens (tertiary/aromatic N) is 1. The molecule has 0 amide bonds. The Hall–Kier alpha value is -0.0800. The molecule has 0 aliphatic carbocycles. The lowest BCUT2D eigenvalue weighted by molar-refractivity contribution is 0.00108. The first-order valence-corrected chi connectivity index (χ1v) is 8.72. The van der Waals surface area contributed by atoms with Gasteiger partial charge in [0.2, 0.25) is 0 Å². The summed E-state index contributed by atoms with van der Waals surface area (Å²) in [4.78, 5) is 2.74. The smallest absolute Gasteiger partial charge is 0.0336 e. The van der Waals surface area contributed by atoms with Gasteiger partial charge in [-0.1, -0.05) is 48.0 Å². The van der Waals surface area contributed by atoms with E-state index in [-0.39, 0.29) is 5.54 Å². The summed E-state index contributed by atoms with van der Waals surface area (Å²) in [6.45, 7) is 17.4. The van der Waals surface area contributed by atoms with Gasteiger partial charge in [0.25, 0.3) is 0 Å². The van der Waals surface area contributed by atoms with Crippen LogP contribution in [0.25, 0.3) is 0 Å². The van der Waals surface area contributed by atoms with Crippen LogP contribution < -0.4 is 5.73 Å². The first kappa shape index (κ1) is 18.0. The minimum absolute atomic E-state index is 0.234. The Morgan fingerprint density at radius 1 is 1.05 bits per heavy atom. The fourth-order valence-electron chi connectivity index (χ4n) is 4.03. The first-order valence-electron chi connectivity index (χ1n) is 8.72. The molecule has 120 valence electrons. The van der Waals surface area contributed by atoms with Crippen molar-refractivity contribution in [3.63, 3.8) is 0 Å². The van der Waals surface area contributed by atoms with Gasteiger partial charge in [-0.3, -0.25) is 4.90 Å².